The molecular formula is C16H16ClN3O2. The van der Waals surface area contributed by atoms with E-state index in [4.69, 9.17) is 11.6 Å². The summed E-state index contributed by atoms with van der Waals surface area (Å²) >= 11 is 5.79. The molecule has 2 N–H and O–H groups in total. The number of hydrogen-bond donors (Lipinski definition) is 2. The van der Waals surface area contributed by atoms with E-state index in [2.05, 4.69) is 15.6 Å². The molecular weight excluding hydrogens is 302 g/mol. The predicted octanol–water partition coefficient (Wildman–Crippen LogP) is 1.82. The molecule has 2 aromatic rings. The normalized spacial score (nSPS) is 10.0. The highest BCUT2D eigenvalue weighted by Gasteiger charge is 2.05. The Hall–Kier alpha value is -2.40. The zero-order valence-electron chi connectivity index (χ0n) is 11.9. The summed E-state index contributed by atoms with van der Waals surface area (Å²) < 4.78 is 0. The molecule has 5 nitrogen and oxygen atoms in total. The van der Waals surface area contributed by atoms with E-state index in [9.17, 15) is 9.59 Å². The van der Waals surface area contributed by atoms with Gasteiger partial charge in [-0.1, -0.05) is 23.7 Å². The van der Waals surface area contributed by atoms with Crippen molar-refractivity contribution in [3.8, 4) is 0 Å². The summed E-state index contributed by atoms with van der Waals surface area (Å²) in [6, 6.07) is 10.4. The van der Waals surface area contributed by atoms with Gasteiger partial charge in [0.2, 0.25) is 5.91 Å². The van der Waals surface area contributed by atoms with Gasteiger partial charge in [0.05, 0.1) is 6.42 Å². The first-order chi connectivity index (χ1) is 10.6. The Bertz CT molecular complexity index is 630. The molecule has 6 heteroatoms. The van der Waals surface area contributed by atoms with Gasteiger partial charge < -0.3 is 10.6 Å². The van der Waals surface area contributed by atoms with E-state index in [1.165, 1.54) is 0 Å². The number of benzene rings is 1. The van der Waals surface area contributed by atoms with E-state index in [0.717, 1.165) is 5.56 Å². The van der Waals surface area contributed by atoms with Gasteiger partial charge >= 0.3 is 0 Å². The summed E-state index contributed by atoms with van der Waals surface area (Å²) in [7, 11) is 0. The lowest BCUT2D eigenvalue weighted by Crippen LogP contribution is -2.35. The zero-order chi connectivity index (χ0) is 15.8. The van der Waals surface area contributed by atoms with Crippen LogP contribution in [0, 0.1) is 0 Å². The minimum atomic E-state index is -0.186. The molecule has 0 aliphatic rings. The van der Waals surface area contributed by atoms with Gasteiger partial charge in [0.1, 0.15) is 0 Å². The fourth-order valence-electron chi connectivity index (χ4n) is 1.83. The molecule has 22 heavy (non-hydrogen) atoms. The average Bonchev–Trinajstić information content (AvgIpc) is 2.54. The van der Waals surface area contributed by atoms with Crippen molar-refractivity contribution in [3.05, 3.63) is 64.9 Å². The second kappa shape index (κ2) is 8.14. The van der Waals surface area contributed by atoms with Gasteiger partial charge in [-0.2, -0.15) is 0 Å². The molecule has 114 valence electrons. The number of halogens is 1. The summed E-state index contributed by atoms with van der Waals surface area (Å²) in [5.74, 6) is -0.283. The number of nitrogens with one attached hydrogen (secondary N) is 2. The number of nitrogens with zero attached hydrogens (tertiary/aromatic N) is 1. The fourth-order valence-corrected chi connectivity index (χ4v) is 1.96. The minimum Gasteiger partial charge on any atom is -0.354 e. The van der Waals surface area contributed by atoms with Crippen molar-refractivity contribution in [2.45, 2.75) is 6.42 Å². The summed E-state index contributed by atoms with van der Waals surface area (Å²) in [6.45, 7) is 0.747. The van der Waals surface area contributed by atoms with E-state index in [0.29, 0.717) is 23.7 Å². The summed E-state index contributed by atoms with van der Waals surface area (Å²) in [5.41, 5.74) is 1.44. The van der Waals surface area contributed by atoms with Crippen molar-refractivity contribution >= 4 is 23.4 Å². The zero-order valence-corrected chi connectivity index (χ0v) is 12.6. The highest BCUT2D eigenvalue weighted by molar-refractivity contribution is 6.30. The van der Waals surface area contributed by atoms with Gasteiger partial charge in [-0.3, -0.25) is 14.6 Å². The van der Waals surface area contributed by atoms with Gasteiger partial charge in [0.15, 0.2) is 0 Å². The van der Waals surface area contributed by atoms with E-state index in [1.54, 1.807) is 36.7 Å². The van der Waals surface area contributed by atoms with Crippen molar-refractivity contribution in [2.75, 3.05) is 13.1 Å². The van der Waals surface area contributed by atoms with Crippen molar-refractivity contribution in [2.24, 2.45) is 0 Å². The third-order valence-corrected chi connectivity index (χ3v) is 3.21. The first kappa shape index (κ1) is 16.0. The number of carbonyl (C=O) groups is 2. The number of hydrogen-bond acceptors (Lipinski definition) is 3. The van der Waals surface area contributed by atoms with E-state index in [1.807, 2.05) is 12.1 Å². The molecule has 1 heterocycles. The topological polar surface area (TPSA) is 71.1 Å². The Morgan fingerprint density at radius 3 is 2.27 bits per heavy atom. The lowest BCUT2D eigenvalue weighted by Gasteiger charge is -2.07. The van der Waals surface area contributed by atoms with Crippen LogP contribution >= 0.6 is 11.6 Å². The van der Waals surface area contributed by atoms with Crippen LogP contribution < -0.4 is 10.6 Å². The number of rotatable bonds is 6. The van der Waals surface area contributed by atoms with Crippen LogP contribution in [0.1, 0.15) is 15.9 Å². The van der Waals surface area contributed by atoms with Gasteiger partial charge in [0.25, 0.3) is 5.91 Å². The van der Waals surface area contributed by atoms with Crippen LogP contribution in [-0.4, -0.2) is 29.9 Å². The molecule has 0 spiro atoms. The molecule has 0 unspecified atom stereocenters. The Morgan fingerprint density at radius 2 is 1.59 bits per heavy atom. The maximum absolute atomic E-state index is 11.7. The smallest absolute Gasteiger partial charge is 0.251 e. The SMILES string of the molecule is O=C(Cc1ccc(Cl)cc1)NCCNC(=O)c1ccncc1. The predicted molar refractivity (Wildman–Crippen MR) is 84.7 cm³/mol. The van der Waals surface area contributed by atoms with Crippen molar-refractivity contribution in [3.63, 3.8) is 0 Å². The second-order valence-electron chi connectivity index (χ2n) is 4.64. The largest absolute Gasteiger partial charge is 0.354 e. The van der Waals surface area contributed by atoms with Crippen LogP contribution in [0.3, 0.4) is 0 Å². The fraction of sp³-hybridized carbons (Fsp3) is 0.188. The summed E-state index contributed by atoms with van der Waals surface area (Å²) in [4.78, 5) is 27.3. The lowest BCUT2D eigenvalue weighted by atomic mass is 10.1. The maximum Gasteiger partial charge on any atom is 0.251 e. The monoisotopic (exact) mass is 317 g/mol. The van der Waals surface area contributed by atoms with Crippen LogP contribution in [0.4, 0.5) is 0 Å². The Kier molecular flexibility index (Phi) is 5.91. The molecule has 0 aliphatic carbocycles. The van der Waals surface area contributed by atoms with E-state index < -0.39 is 0 Å². The number of carbonyl (C=O) groups excluding carboxylic acids is 2. The Labute approximate surface area is 133 Å². The van der Waals surface area contributed by atoms with Crippen molar-refractivity contribution < 1.29 is 9.59 Å². The lowest BCUT2D eigenvalue weighted by molar-refractivity contribution is -0.120. The first-order valence-corrected chi connectivity index (χ1v) is 7.22. The van der Waals surface area contributed by atoms with Crippen molar-refractivity contribution in [1.82, 2.24) is 15.6 Å². The molecule has 0 fully saturated rings. The molecule has 0 saturated heterocycles. The Morgan fingerprint density at radius 1 is 0.955 bits per heavy atom. The molecule has 2 amide bonds. The molecule has 1 aromatic heterocycles. The molecule has 0 aliphatic heterocycles. The van der Waals surface area contributed by atoms with Gasteiger partial charge in [-0.05, 0) is 29.8 Å². The van der Waals surface area contributed by atoms with Crippen LogP contribution in [0.2, 0.25) is 5.02 Å². The summed E-state index contributed by atoms with van der Waals surface area (Å²) in [5, 5.41) is 6.12. The molecule has 0 bridgehead atoms. The molecule has 0 saturated carbocycles. The average molecular weight is 318 g/mol. The van der Waals surface area contributed by atoms with Crippen LogP contribution in [0.5, 0.6) is 0 Å². The number of aromatic nitrogens is 1. The second-order valence-corrected chi connectivity index (χ2v) is 5.08. The highest BCUT2D eigenvalue weighted by Crippen LogP contribution is 2.09. The number of pyridine rings is 1. The van der Waals surface area contributed by atoms with E-state index >= 15 is 0 Å². The van der Waals surface area contributed by atoms with Gasteiger partial charge in [0, 0.05) is 36.1 Å². The highest BCUT2D eigenvalue weighted by atomic mass is 35.5. The number of amides is 2. The van der Waals surface area contributed by atoms with Gasteiger partial charge in [-0.25, -0.2) is 0 Å². The summed E-state index contributed by atoms with van der Waals surface area (Å²) in [6.07, 6.45) is 3.40. The van der Waals surface area contributed by atoms with Crippen LogP contribution in [0.15, 0.2) is 48.8 Å². The molecule has 1 aromatic carbocycles. The third kappa shape index (κ3) is 5.18. The van der Waals surface area contributed by atoms with Gasteiger partial charge in [-0.15, -0.1) is 0 Å². The standard InChI is InChI=1S/C16H16ClN3O2/c17-14-3-1-12(2-4-14)11-15(21)19-9-10-20-16(22)13-5-7-18-8-6-13/h1-8H,9-11H2,(H,19,21)(H,20,22). The molecule has 0 radical (unpaired) electrons. The molecule has 0 atom stereocenters. The van der Waals surface area contributed by atoms with Crippen molar-refractivity contribution in [1.29, 1.82) is 0 Å². The van der Waals surface area contributed by atoms with Crippen LogP contribution in [0.25, 0.3) is 0 Å². The quantitative estimate of drug-likeness (QED) is 0.798. The third-order valence-electron chi connectivity index (χ3n) is 2.95. The first-order valence-electron chi connectivity index (χ1n) is 6.84. The minimum absolute atomic E-state index is 0.0968. The van der Waals surface area contributed by atoms with E-state index in [-0.39, 0.29) is 18.2 Å². The molecule has 2 rings (SSSR count). The Balaban J connectivity index is 1.67. The maximum atomic E-state index is 11.7. The van der Waals surface area contributed by atoms with Crippen LogP contribution in [-0.2, 0) is 11.2 Å².